The summed E-state index contributed by atoms with van der Waals surface area (Å²) in [5.41, 5.74) is 4.95. The zero-order valence-corrected chi connectivity index (χ0v) is 14.9. The van der Waals surface area contributed by atoms with Gasteiger partial charge in [-0.2, -0.15) is 13.2 Å². The zero-order valence-electron chi connectivity index (χ0n) is 14.9. The van der Waals surface area contributed by atoms with Gasteiger partial charge in [-0.3, -0.25) is 0 Å². The van der Waals surface area contributed by atoms with Crippen molar-refractivity contribution < 1.29 is 32.5 Å². The van der Waals surface area contributed by atoms with E-state index in [1.807, 2.05) is 18.2 Å². The quantitative estimate of drug-likeness (QED) is 0.847. The van der Waals surface area contributed by atoms with E-state index < -0.39 is 12.1 Å². The molecule has 0 radical (unpaired) electrons. The van der Waals surface area contributed by atoms with E-state index in [2.05, 4.69) is 23.5 Å². The van der Waals surface area contributed by atoms with Crippen LogP contribution in [0.2, 0.25) is 0 Å². The molecule has 1 aliphatic rings. The van der Waals surface area contributed by atoms with Gasteiger partial charge in [-0.05, 0) is 47.9 Å². The molecule has 2 aromatic rings. The van der Waals surface area contributed by atoms with E-state index >= 15 is 0 Å². The number of carbonyl (C=O) groups is 1. The van der Waals surface area contributed by atoms with Gasteiger partial charge in [0.2, 0.25) is 0 Å². The number of nitrogens with one attached hydrogen (secondary N) is 1. The molecule has 8 heteroatoms. The maximum atomic E-state index is 10.6. The Bertz CT molecular complexity index is 784. The van der Waals surface area contributed by atoms with Gasteiger partial charge in [0, 0.05) is 6.54 Å². The molecule has 0 aliphatic carbocycles. The molecular weight excluding hydrogens is 363 g/mol. The van der Waals surface area contributed by atoms with Crippen molar-refractivity contribution in [3.63, 3.8) is 0 Å². The average Bonchev–Trinajstić information content (AvgIpc) is 2.66. The highest BCUT2D eigenvalue weighted by atomic mass is 19.4. The van der Waals surface area contributed by atoms with Crippen molar-refractivity contribution in [1.82, 2.24) is 5.32 Å². The molecule has 1 heterocycles. The molecule has 3 rings (SSSR count). The van der Waals surface area contributed by atoms with Crippen molar-refractivity contribution >= 4 is 5.97 Å². The van der Waals surface area contributed by atoms with E-state index in [1.54, 1.807) is 14.2 Å². The van der Waals surface area contributed by atoms with E-state index in [0.29, 0.717) is 0 Å². The molecule has 27 heavy (non-hydrogen) atoms. The van der Waals surface area contributed by atoms with Gasteiger partial charge in [0.05, 0.1) is 19.8 Å². The van der Waals surface area contributed by atoms with Crippen LogP contribution in [0, 0.1) is 0 Å². The number of alkyl halides is 3. The molecule has 5 nitrogen and oxygen atoms in total. The molecule has 1 aliphatic heterocycles. The van der Waals surface area contributed by atoms with Crippen LogP contribution < -0.4 is 14.8 Å². The summed E-state index contributed by atoms with van der Waals surface area (Å²) in [6.07, 6.45) is -3.99. The molecule has 0 aromatic heterocycles. The molecule has 0 atom stereocenters. The smallest absolute Gasteiger partial charge is 0.490 e. The average molecular weight is 383 g/mol. The molecule has 2 N–H and O–H groups in total. The highest BCUT2D eigenvalue weighted by Gasteiger charge is 2.38. The third kappa shape index (κ3) is 5.13. The minimum Gasteiger partial charge on any atom is -0.496 e. The van der Waals surface area contributed by atoms with E-state index in [0.717, 1.165) is 42.1 Å². The number of fused-ring (bicyclic) bond motifs is 1. The third-order valence-electron chi connectivity index (χ3n) is 4.05. The fourth-order valence-electron chi connectivity index (χ4n) is 2.77. The molecule has 146 valence electrons. The second-order valence-electron chi connectivity index (χ2n) is 5.75. The number of rotatable bonds is 3. The molecule has 2 aromatic carbocycles. The Labute approximate surface area is 154 Å². The highest BCUT2D eigenvalue weighted by molar-refractivity contribution is 5.77. The molecule has 0 saturated carbocycles. The first kappa shape index (κ1) is 20.6. The van der Waals surface area contributed by atoms with Gasteiger partial charge in [0.25, 0.3) is 0 Å². The second kappa shape index (κ2) is 8.77. The summed E-state index contributed by atoms with van der Waals surface area (Å²) in [6.45, 7) is 1.99. The fraction of sp³-hybridized carbons (Fsp3) is 0.316. The van der Waals surface area contributed by atoms with Gasteiger partial charge >= 0.3 is 12.1 Å². The first-order valence-electron chi connectivity index (χ1n) is 8.12. The third-order valence-corrected chi connectivity index (χ3v) is 4.05. The second-order valence-corrected chi connectivity index (χ2v) is 5.75. The van der Waals surface area contributed by atoms with Crippen LogP contribution in [0.3, 0.4) is 0 Å². The first-order chi connectivity index (χ1) is 12.8. The van der Waals surface area contributed by atoms with Crippen LogP contribution >= 0.6 is 0 Å². The monoisotopic (exact) mass is 383 g/mol. The SMILES string of the molecule is COc1cccc(OC)c1-c1ccc2c(c1)CNCC2.O=C(O)C(F)(F)F. The summed E-state index contributed by atoms with van der Waals surface area (Å²) >= 11 is 0. The number of methoxy groups -OCH3 is 2. The van der Waals surface area contributed by atoms with Gasteiger partial charge in [-0.1, -0.05) is 18.2 Å². The molecule has 0 saturated heterocycles. The van der Waals surface area contributed by atoms with Gasteiger partial charge in [-0.25, -0.2) is 4.79 Å². The van der Waals surface area contributed by atoms with Crippen molar-refractivity contribution in [3.05, 3.63) is 47.5 Å². The van der Waals surface area contributed by atoms with E-state index in [-0.39, 0.29) is 0 Å². The highest BCUT2D eigenvalue weighted by Crippen LogP contribution is 2.39. The number of carboxylic acids is 1. The predicted molar refractivity (Wildman–Crippen MR) is 94.1 cm³/mol. The number of aliphatic carboxylic acids is 1. The van der Waals surface area contributed by atoms with Crippen molar-refractivity contribution in [2.75, 3.05) is 20.8 Å². The first-order valence-corrected chi connectivity index (χ1v) is 8.12. The predicted octanol–water partition coefficient (Wildman–Crippen LogP) is 3.65. The van der Waals surface area contributed by atoms with Crippen molar-refractivity contribution in [1.29, 1.82) is 0 Å². The molecule has 0 amide bonds. The molecule has 0 bridgehead atoms. The Hall–Kier alpha value is -2.74. The lowest BCUT2D eigenvalue weighted by Gasteiger charge is -2.19. The van der Waals surface area contributed by atoms with Crippen LogP contribution in [-0.4, -0.2) is 38.0 Å². The number of ether oxygens (including phenoxy) is 2. The van der Waals surface area contributed by atoms with Crippen LogP contribution in [0.15, 0.2) is 36.4 Å². The summed E-state index contributed by atoms with van der Waals surface area (Å²) in [5.74, 6) is -1.08. The largest absolute Gasteiger partial charge is 0.496 e. The fourth-order valence-corrected chi connectivity index (χ4v) is 2.77. The van der Waals surface area contributed by atoms with E-state index in [1.165, 1.54) is 11.1 Å². The summed E-state index contributed by atoms with van der Waals surface area (Å²) in [6, 6.07) is 12.5. The van der Waals surface area contributed by atoms with Crippen molar-refractivity contribution in [2.24, 2.45) is 0 Å². The Morgan fingerprint density at radius 3 is 2.19 bits per heavy atom. The van der Waals surface area contributed by atoms with Crippen LogP contribution in [0.25, 0.3) is 11.1 Å². The standard InChI is InChI=1S/C17H19NO2.C2HF3O2/c1-19-15-4-3-5-16(20-2)17(15)13-7-6-12-8-9-18-11-14(12)10-13;3-2(4,5)1(6)7/h3-7,10,18H,8-9,11H2,1-2H3;(H,6,7). The zero-order chi connectivity index (χ0) is 20.0. The normalized spacial score (nSPS) is 13.1. The molecular formula is C19H20F3NO4. The maximum absolute atomic E-state index is 10.6. The van der Waals surface area contributed by atoms with Crippen LogP contribution in [-0.2, 0) is 17.8 Å². The number of halogens is 3. The number of hydrogen-bond donors (Lipinski definition) is 2. The molecule has 0 spiro atoms. The summed E-state index contributed by atoms with van der Waals surface area (Å²) in [7, 11) is 3.39. The number of hydrogen-bond acceptors (Lipinski definition) is 4. The van der Waals surface area contributed by atoms with Crippen LogP contribution in [0.5, 0.6) is 11.5 Å². The van der Waals surface area contributed by atoms with E-state index in [9.17, 15) is 13.2 Å². The lowest BCUT2D eigenvalue weighted by Crippen LogP contribution is -2.23. The summed E-state index contributed by atoms with van der Waals surface area (Å²) in [4.78, 5) is 8.90. The van der Waals surface area contributed by atoms with Gasteiger partial charge in [-0.15, -0.1) is 0 Å². The Balaban J connectivity index is 0.000000321. The minimum absolute atomic E-state index is 0.841. The van der Waals surface area contributed by atoms with Gasteiger partial charge < -0.3 is 19.9 Å². The maximum Gasteiger partial charge on any atom is 0.490 e. The van der Waals surface area contributed by atoms with Gasteiger partial charge in [0.1, 0.15) is 11.5 Å². The lowest BCUT2D eigenvalue weighted by atomic mass is 9.95. The topological polar surface area (TPSA) is 67.8 Å². The van der Waals surface area contributed by atoms with Crippen LogP contribution in [0.1, 0.15) is 11.1 Å². The Kier molecular flexibility index (Phi) is 6.68. The van der Waals surface area contributed by atoms with Gasteiger partial charge in [0.15, 0.2) is 0 Å². The summed E-state index contributed by atoms with van der Waals surface area (Å²) in [5, 5.41) is 10.5. The van der Waals surface area contributed by atoms with E-state index in [4.69, 9.17) is 19.4 Å². The number of benzene rings is 2. The van der Waals surface area contributed by atoms with Crippen LogP contribution in [0.4, 0.5) is 13.2 Å². The lowest BCUT2D eigenvalue weighted by molar-refractivity contribution is -0.192. The molecule has 0 fully saturated rings. The summed E-state index contributed by atoms with van der Waals surface area (Å²) < 4.78 is 42.7. The van der Waals surface area contributed by atoms with Crippen molar-refractivity contribution in [3.8, 4) is 22.6 Å². The molecule has 0 unspecified atom stereocenters. The minimum atomic E-state index is -5.08. The number of carboxylic acid groups (broad SMARTS) is 1. The Morgan fingerprint density at radius 1 is 1.07 bits per heavy atom. The van der Waals surface area contributed by atoms with Crippen molar-refractivity contribution in [2.45, 2.75) is 19.1 Å². The Morgan fingerprint density at radius 2 is 1.67 bits per heavy atom.